The number of aryl methyl sites for hydroxylation is 1. The fourth-order valence-corrected chi connectivity index (χ4v) is 2.18. The molecule has 3 aromatic rings. The molecule has 0 unspecified atom stereocenters. The Bertz CT molecular complexity index is 726. The number of nitrogens with zero attached hydrogens (tertiary/aromatic N) is 4. The van der Waals surface area contributed by atoms with Crippen molar-refractivity contribution in [1.29, 1.82) is 0 Å². The minimum absolute atomic E-state index is 0.00463. The van der Waals surface area contributed by atoms with Crippen molar-refractivity contribution >= 4 is 16.8 Å². The Kier molecular flexibility index (Phi) is 2.87. The molecule has 0 bridgehead atoms. The van der Waals surface area contributed by atoms with Gasteiger partial charge in [-0.25, -0.2) is 9.97 Å². The van der Waals surface area contributed by atoms with Crippen LogP contribution in [0.25, 0.3) is 11.0 Å². The molecule has 0 fully saturated rings. The van der Waals surface area contributed by atoms with Gasteiger partial charge in [0, 0.05) is 18.9 Å². The maximum absolute atomic E-state index is 12.3. The van der Waals surface area contributed by atoms with Crippen LogP contribution in [0.4, 0.5) is 0 Å². The van der Waals surface area contributed by atoms with E-state index in [2.05, 4.69) is 9.97 Å². The predicted molar refractivity (Wildman–Crippen MR) is 72.0 cm³/mol. The van der Waals surface area contributed by atoms with Gasteiger partial charge in [-0.2, -0.15) is 0 Å². The van der Waals surface area contributed by atoms with Crippen LogP contribution in [0, 0.1) is 0 Å². The number of hydrogen-bond acceptors (Lipinski definition) is 3. The van der Waals surface area contributed by atoms with E-state index in [0.29, 0.717) is 5.82 Å². The Morgan fingerprint density at radius 2 is 2.05 bits per heavy atom. The standard InChI is InChI=1S/C14H14N4O/c1-2-17-8-7-15-14(17)13(19)9-18-10-16-11-5-3-4-6-12(11)18/h3-8,10H,2,9H2,1H3. The Hall–Kier alpha value is -2.43. The number of imidazole rings is 2. The summed E-state index contributed by atoms with van der Waals surface area (Å²) in [6.07, 6.45) is 5.17. The molecular formula is C14H14N4O. The van der Waals surface area contributed by atoms with Crippen molar-refractivity contribution in [1.82, 2.24) is 19.1 Å². The Morgan fingerprint density at radius 1 is 1.21 bits per heavy atom. The fourth-order valence-electron chi connectivity index (χ4n) is 2.18. The lowest BCUT2D eigenvalue weighted by molar-refractivity contribution is 0.0959. The van der Waals surface area contributed by atoms with E-state index in [-0.39, 0.29) is 12.3 Å². The van der Waals surface area contributed by atoms with Gasteiger partial charge >= 0.3 is 0 Å². The van der Waals surface area contributed by atoms with Gasteiger partial charge in [0.15, 0.2) is 5.82 Å². The summed E-state index contributed by atoms with van der Waals surface area (Å²) in [5.74, 6) is 0.496. The zero-order chi connectivity index (χ0) is 13.2. The number of Topliss-reactive ketones (excluding diaryl/α,β-unsaturated/α-hetero) is 1. The van der Waals surface area contributed by atoms with Crippen LogP contribution in [0.15, 0.2) is 43.0 Å². The number of carbonyl (C=O) groups is 1. The molecule has 5 nitrogen and oxygen atoms in total. The molecule has 0 aliphatic carbocycles. The topological polar surface area (TPSA) is 52.7 Å². The quantitative estimate of drug-likeness (QED) is 0.670. The second kappa shape index (κ2) is 4.68. The Labute approximate surface area is 110 Å². The molecule has 1 aromatic carbocycles. The second-order valence-electron chi connectivity index (χ2n) is 4.32. The number of para-hydroxylation sites is 2. The van der Waals surface area contributed by atoms with Crippen LogP contribution in [0.2, 0.25) is 0 Å². The molecule has 19 heavy (non-hydrogen) atoms. The van der Waals surface area contributed by atoms with Gasteiger partial charge in [-0.05, 0) is 19.1 Å². The molecule has 96 valence electrons. The molecule has 0 amide bonds. The number of aromatic nitrogens is 4. The highest BCUT2D eigenvalue weighted by atomic mass is 16.1. The lowest BCUT2D eigenvalue weighted by Crippen LogP contribution is -2.15. The summed E-state index contributed by atoms with van der Waals surface area (Å²) in [5, 5.41) is 0. The van der Waals surface area contributed by atoms with E-state index in [0.717, 1.165) is 17.6 Å². The number of hydrogen-bond donors (Lipinski definition) is 0. The van der Waals surface area contributed by atoms with Crippen LogP contribution >= 0.6 is 0 Å². The molecule has 0 spiro atoms. The first kappa shape index (κ1) is 11.6. The molecule has 2 heterocycles. The summed E-state index contributed by atoms with van der Waals surface area (Å²) >= 11 is 0. The highest BCUT2D eigenvalue weighted by molar-refractivity contribution is 5.93. The van der Waals surface area contributed by atoms with E-state index in [9.17, 15) is 4.79 Å². The summed E-state index contributed by atoms with van der Waals surface area (Å²) < 4.78 is 3.70. The third-order valence-corrected chi connectivity index (χ3v) is 3.15. The van der Waals surface area contributed by atoms with Gasteiger partial charge in [0.1, 0.15) is 0 Å². The largest absolute Gasteiger partial charge is 0.329 e. The first-order chi connectivity index (χ1) is 9.29. The zero-order valence-electron chi connectivity index (χ0n) is 10.7. The first-order valence-corrected chi connectivity index (χ1v) is 6.24. The van der Waals surface area contributed by atoms with E-state index in [1.807, 2.05) is 46.5 Å². The summed E-state index contributed by atoms with van der Waals surface area (Å²) in [7, 11) is 0. The third kappa shape index (κ3) is 2.03. The normalized spacial score (nSPS) is 11.0. The van der Waals surface area contributed by atoms with Gasteiger partial charge in [0.05, 0.1) is 23.9 Å². The summed E-state index contributed by atoms with van der Waals surface area (Å²) in [4.78, 5) is 20.7. The molecule has 3 rings (SSSR count). The number of rotatable bonds is 4. The molecule has 5 heteroatoms. The van der Waals surface area contributed by atoms with E-state index in [4.69, 9.17) is 0 Å². The van der Waals surface area contributed by atoms with Gasteiger partial charge in [0.2, 0.25) is 5.78 Å². The van der Waals surface area contributed by atoms with Crippen molar-refractivity contribution in [2.75, 3.05) is 0 Å². The third-order valence-electron chi connectivity index (χ3n) is 3.15. The second-order valence-corrected chi connectivity index (χ2v) is 4.32. The van der Waals surface area contributed by atoms with Gasteiger partial charge < -0.3 is 9.13 Å². The van der Waals surface area contributed by atoms with Crippen LogP contribution in [-0.2, 0) is 13.1 Å². The first-order valence-electron chi connectivity index (χ1n) is 6.24. The highest BCUT2D eigenvalue weighted by Gasteiger charge is 2.13. The van der Waals surface area contributed by atoms with Crippen LogP contribution in [0.3, 0.4) is 0 Å². The SMILES string of the molecule is CCn1ccnc1C(=O)Cn1cnc2ccccc21. The van der Waals surface area contributed by atoms with Crippen molar-refractivity contribution in [3.8, 4) is 0 Å². The van der Waals surface area contributed by atoms with E-state index >= 15 is 0 Å². The van der Waals surface area contributed by atoms with E-state index in [1.165, 1.54) is 0 Å². The predicted octanol–water partition coefficient (Wildman–Crippen LogP) is 2.14. The van der Waals surface area contributed by atoms with Gasteiger partial charge in [0.25, 0.3) is 0 Å². The lowest BCUT2D eigenvalue weighted by Gasteiger charge is -2.05. The molecule has 0 N–H and O–H groups in total. The maximum Gasteiger partial charge on any atom is 0.217 e. The minimum atomic E-state index is -0.00463. The highest BCUT2D eigenvalue weighted by Crippen LogP contribution is 2.12. The smallest absolute Gasteiger partial charge is 0.217 e. The average molecular weight is 254 g/mol. The number of carbonyl (C=O) groups excluding carboxylic acids is 1. The number of benzene rings is 1. The van der Waals surface area contributed by atoms with Gasteiger partial charge in [-0.15, -0.1) is 0 Å². The van der Waals surface area contributed by atoms with Crippen LogP contribution in [0.5, 0.6) is 0 Å². The molecule has 0 atom stereocenters. The van der Waals surface area contributed by atoms with Crippen LogP contribution in [0.1, 0.15) is 17.5 Å². The van der Waals surface area contributed by atoms with Crippen LogP contribution < -0.4 is 0 Å². The fraction of sp³-hybridized carbons (Fsp3) is 0.214. The number of fused-ring (bicyclic) bond motifs is 1. The molecule has 0 saturated heterocycles. The molecule has 0 aliphatic heterocycles. The van der Waals surface area contributed by atoms with Crippen molar-refractivity contribution in [3.05, 3.63) is 48.8 Å². The monoisotopic (exact) mass is 254 g/mol. The zero-order valence-corrected chi connectivity index (χ0v) is 10.7. The lowest BCUT2D eigenvalue weighted by atomic mass is 10.3. The van der Waals surface area contributed by atoms with Crippen molar-refractivity contribution in [3.63, 3.8) is 0 Å². The van der Waals surface area contributed by atoms with Gasteiger partial charge in [-0.1, -0.05) is 12.1 Å². The van der Waals surface area contributed by atoms with E-state index in [1.54, 1.807) is 12.5 Å². The van der Waals surface area contributed by atoms with Crippen LogP contribution in [-0.4, -0.2) is 24.9 Å². The summed E-state index contributed by atoms with van der Waals surface area (Å²) in [6, 6.07) is 7.77. The maximum atomic E-state index is 12.3. The van der Waals surface area contributed by atoms with Crippen molar-refractivity contribution in [2.24, 2.45) is 0 Å². The van der Waals surface area contributed by atoms with Crippen molar-refractivity contribution in [2.45, 2.75) is 20.0 Å². The average Bonchev–Trinajstić information content (AvgIpc) is 3.05. The summed E-state index contributed by atoms with van der Waals surface area (Å²) in [6.45, 7) is 2.99. The Morgan fingerprint density at radius 3 is 2.89 bits per heavy atom. The molecule has 0 radical (unpaired) electrons. The molecule has 0 aliphatic rings. The van der Waals surface area contributed by atoms with Gasteiger partial charge in [-0.3, -0.25) is 4.79 Å². The number of ketones is 1. The molecule has 0 saturated carbocycles. The van der Waals surface area contributed by atoms with Crippen molar-refractivity contribution < 1.29 is 4.79 Å². The van der Waals surface area contributed by atoms with E-state index < -0.39 is 0 Å². The summed E-state index contributed by atoms with van der Waals surface area (Å²) in [5.41, 5.74) is 1.86. The molecule has 2 aromatic heterocycles. The minimum Gasteiger partial charge on any atom is -0.329 e. The molecular weight excluding hydrogens is 240 g/mol. The Balaban J connectivity index is 1.91.